The number of aromatic amines is 2. The Morgan fingerprint density at radius 3 is 1.54 bits per heavy atom. The molecule has 7 rings (SSSR count). The van der Waals surface area contributed by atoms with Crippen LogP contribution in [-0.4, -0.2) is 40.0 Å². The maximum Gasteiger partial charge on any atom is 0.274 e. The fourth-order valence-corrected chi connectivity index (χ4v) is 8.46. The molecule has 1 amide bonds. The van der Waals surface area contributed by atoms with Crippen LogP contribution in [0, 0.1) is 6.92 Å². The van der Waals surface area contributed by atoms with Crippen LogP contribution >= 0.6 is 47.8 Å². The minimum absolute atomic E-state index is 0.00480. The maximum atomic E-state index is 13.0. The molecule has 67 heavy (non-hydrogen) atoms. The standard InChI is InChI=1S/C31H37N5O2.C13H17BrN4O.C6H5Br2NO/c1-19-23(10-9-11-24(19)33-28(37)20-12-14-22(15-13-20)30(2,3)4)21-16-25(29(38)36(8)18-21)32-27-17-26(34-35-27)31(5,6)7;1-13(2,3)10-6-11(17-16-10)15-9-5-8(14)7-18(4)12(9)19;1-9-3-4(7)2-5(8)6(9)10/h9-18H,1-8H3,(H,33,37)(H2,32,34,35);5-7H,1-4H3,(H2,15,16,17);2-3H,1H3. The minimum atomic E-state index is -0.165. The number of amides is 1. The molecule has 0 unspecified atom stereocenters. The van der Waals surface area contributed by atoms with Crippen LogP contribution in [0.3, 0.4) is 0 Å². The van der Waals surface area contributed by atoms with Gasteiger partial charge < -0.3 is 29.7 Å². The Morgan fingerprint density at radius 1 is 0.582 bits per heavy atom. The number of carbonyl (C=O) groups is 1. The second-order valence-electron chi connectivity index (χ2n) is 19.3. The van der Waals surface area contributed by atoms with Gasteiger partial charge >= 0.3 is 0 Å². The lowest BCUT2D eigenvalue weighted by Gasteiger charge is -2.19. The first-order valence-corrected chi connectivity index (χ1v) is 23.8. The number of anilines is 5. The zero-order valence-corrected chi connectivity index (χ0v) is 44.9. The van der Waals surface area contributed by atoms with Gasteiger partial charge in [0, 0.05) is 99.8 Å². The Bertz CT molecular complexity index is 3040. The fraction of sp³-hybridized carbons (Fsp3) is 0.320. The Balaban J connectivity index is 0.000000237. The van der Waals surface area contributed by atoms with Gasteiger partial charge in [0.25, 0.3) is 22.6 Å². The highest BCUT2D eigenvalue weighted by Gasteiger charge is 2.20. The summed E-state index contributed by atoms with van der Waals surface area (Å²) in [5.74, 6) is 1.06. The van der Waals surface area contributed by atoms with Crippen molar-refractivity contribution in [2.24, 2.45) is 21.1 Å². The number of rotatable bonds is 7. The normalized spacial score (nSPS) is 11.5. The van der Waals surface area contributed by atoms with Crippen molar-refractivity contribution < 1.29 is 4.79 Å². The topological polar surface area (TPSA) is 177 Å². The molecule has 7 aromatic rings. The summed E-state index contributed by atoms with van der Waals surface area (Å²) in [5, 5.41) is 23.8. The molecule has 0 saturated heterocycles. The van der Waals surface area contributed by atoms with E-state index < -0.39 is 0 Å². The number of nitrogens with zero attached hydrogens (tertiary/aromatic N) is 5. The molecule has 14 nitrogen and oxygen atoms in total. The fourth-order valence-electron chi connectivity index (χ4n) is 6.56. The van der Waals surface area contributed by atoms with Crippen molar-refractivity contribution >= 4 is 82.4 Å². The third-order valence-electron chi connectivity index (χ3n) is 10.6. The summed E-state index contributed by atoms with van der Waals surface area (Å²) in [6.45, 7) is 21.0. The number of halogens is 3. The lowest BCUT2D eigenvalue weighted by Crippen LogP contribution is -2.19. The minimum Gasteiger partial charge on any atom is -0.334 e. The molecule has 0 fully saturated rings. The van der Waals surface area contributed by atoms with Gasteiger partial charge in [0.15, 0.2) is 11.6 Å². The molecule has 0 radical (unpaired) electrons. The molecular weight excluding hydrogens is 1040 g/mol. The van der Waals surface area contributed by atoms with Gasteiger partial charge in [0.05, 0.1) is 4.47 Å². The van der Waals surface area contributed by atoms with Gasteiger partial charge in [-0.05, 0) is 113 Å². The Labute approximate surface area is 416 Å². The molecular formula is C50H59Br3N10O4. The molecule has 2 aromatic carbocycles. The molecule has 5 heterocycles. The van der Waals surface area contributed by atoms with E-state index in [1.165, 1.54) is 14.7 Å². The summed E-state index contributed by atoms with van der Waals surface area (Å²) in [5.41, 5.74) is 7.73. The number of benzene rings is 2. The number of hydrogen-bond acceptors (Lipinski definition) is 8. The second kappa shape index (κ2) is 21.0. The lowest BCUT2D eigenvalue weighted by atomic mass is 9.86. The van der Waals surface area contributed by atoms with Gasteiger partial charge in [-0.15, -0.1) is 0 Å². The van der Waals surface area contributed by atoms with Crippen molar-refractivity contribution in [1.82, 2.24) is 34.1 Å². The van der Waals surface area contributed by atoms with E-state index >= 15 is 0 Å². The number of aromatic nitrogens is 7. The summed E-state index contributed by atoms with van der Waals surface area (Å²) in [4.78, 5) is 48.9. The molecule has 5 aromatic heterocycles. The van der Waals surface area contributed by atoms with Crippen LogP contribution in [0.4, 0.5) is 28.7 Å². The van der Waals surface area contributed by atoms with Crippen molar-refractivity contribution in [3.63, 3.8) is 0 Å². The number of pyridine rings is 3. The average molecular weight is 1100 g/mol. The van der Waals surface area contributed by atoms with Gasteiger partial charge in [-0.25, -0.2) is 0 Å². The van der Waals surface area contributed by atoms with Gasteiger partial charge in [-0.3, -0.25) is 29.4 Å². The summed E-state index contributed by atoms with van der Waals surface area (Å²) in [7, 11) is 5.14. The van der Waals surface area contributed by atoms with E-state index in [4.69, 9.17) is 0 Å². The first-order chi connectivity index (χ1) is 31.1. The van der Waals surface area contributed by atoms with Crippen LogP contribution in [0.1, 0.15) is 95.2 Å². The zero-order chi connectivity index (χ0) is 49.8. The quantitative estimate of drug-likeness (QED) is 0.105. The Morgan fingerprint density at radius 2 is 1.06 bits per heavy atom. The van der Waals surface area contributed by atoms with Crippen molar-refractivity contribution in [1.29, 1.82) is 0 Å². The molecule has 0 saturated carbocycles. The van der Waals surface area contributed by atoms with Gasteiger partial charge in [-0.1, -0.05) is 86.6 Å². The Hall–Kier alpha value is -5.78. The highest BCUT2D eigenvalue weighted by atomic mass is 79.9. The van der Waals surface area contributed by atoms with Crippen LogP contribution in [0.15, 0.2) is 119 Å². The number of hydrogen-bond donors (Lipinski definition) is 5. The first-order valence-electron chi connectivity index (χ1n) is 21.4. The molecule has 17 heteroatoms. The first kappa shape index (κ1) is 52.2. The van der Waals surface area contributed by atoms with E-state index in [1.807, 2.05) is 67.6 Å². The van der Waals surface area contributed by atoms with E-state index in [1.54, 1.807) is 56.4 Å². The third kappa shape index (κ3) is 13.7. The molecule has 0 spiro atoms. The SMILES string of the molecule is Cc1c(NC(=O)c2ccc(C(C)(C)C)cc2)cccc1-c1cc(Nc2cc(C(C)(C)C)[nH]n2)c(=O)n(C)c1.Cn1cc(Br)cc(Br)c1=O.Cn1cc(Br)cc(Nc2cc(C(C)(C)C)[nH]n2)c1=O. The van der Waals surface area contributed by atoms with Crippen molar-refractivity contribution in [3.8, 4) is 11.1 Å². The average Bonchev–Trinajstić information content (AvgIpc) is 3.92. The van der Waals surface area contributed by atoms with Gasteiger partial charge in [0.1, 0.15) is 11.4 Å². The van der Waals surface area contributed by atoms with Crippen LogP contribution in [-0.2, 0) is 37.4 Å². The zero-order valence-electron chi connectivity index (χ0n) is 40.2. The van der Waals surface area contributed by atoms with Crippen LogP contribution in [0.5, 0.6) is 0 Å². The van der Waals surface area contributed by atoms with E-state index in [9.17, 15) is 19.2 Å². The Kier molecular flexibility index (Phi) is 16.4. The molecule has 0 atom stereocenters. The monoisotopic (exact) mass is 1100 g/mol. The highest BCUT2D eigenvalue weighted by Crippen LogP contribution is 2.31. The summed E-state index contributed by atoms with van der Waals surface area (Å²) < 4.78 is 6.88. The maximum absolute atomic E-state index is 13.0. The smallest absolute Gasteiger partial charge is 0.274 e. The number of aryl methyl sites for hydroxylation is 3. The number of carbonyl (C=O) groups excluding carboxylic acids is 1. The molecule has 5 N–H and O–H groups in total. The van der Waals surface area contributed by atoms with Gasteiger partial charge in [0.2, 0.25) is 0 Å². The predicted molar refractivity (Wildman–Crippen MR) is 283 cm³/mol. The molecule has 0 aliphatic carbocycles. The van der Waals surface area contributed by atoms with Crippen molar-refractivity contribution in [2.75, 3.05) is 16.0 Å². The highest BCUT2D eigenvalue weighted by molar-refractivity contribution is 9.11. The third-order valence-corrected chi connectivity index (χ3v) is 12.1. The van der Waals surface area contributed by atoms with Crippen LogP contribution in [0.25, 0.3) is 11.1 Å². The number of nitrogens with one attached hydrogen (secondary N) is 5. The second-order valence-corrected chi connectivity index (χ2v) is 22.0. The predicted octanol–water partition coefficient (Wildman–Crippen LogP) is 11.5. The van der Waals surface area contributed by atoms with E-state index in [0.717, 1.165) is 42.7 Å². The van der Waals surface area contributed by atoms with Crippen LogP contribution < -0.4 is 32.6 Å². The lowest BCUT2D eigenvalue weighted by molar-refractivity contribution is 0.102. The van der Waals surface area contributed by atoms with E-state index in [0.29, 0.717) is 33.0 Å². The molecule has 0 aliphatic heterocycles. The molecule has 354 valence electrons. The molecule has 0 aliphatic rings. The summed E-state index contributed by atoms with van der Waals surface area (Å²) >= 11 is 9.76. The van der Waals surface area contributed by atoms with Gasteiger partial charge in [-0.2, -0.15) is 10.2 Å². The van der Waals surface area contributed by atoms with E-state index in [2.05, 4.69) is 146 Å². The largest absolute Gasteiger partial charge is 0.334 e. The van der Waals surface area contributed by atoms with Crippen molar-refractivity contribution in [2.45, 2.75) is 85.5 Å². The summed E-state index contributed by atoms with van der Waals surface area (Å²) in [6, 6.07) is 22.6. The van der Waals surface area contributed by atoms with E-state index in [-0.39, 0.29) is 38.8 Å². The molecule has 0 bridgehead atoms. The van der Waals surface area contributed by atoms with Crippen molar-refractivity contribution in [3.05, 3.63) is 164 Å². The van der Waals surface area contributed by atoms with Crippen LogP contribution in [0.2, 0.25) is 0 Å². The number of H-pyrrole nitrogens is 2. The summed E-state index contributed by atoms with van der Waals surface area (Å²) in [6.07, 6.45) is 5.24.